The minimum atomic E-state index is -1.84. The number of aliphatic hydroxyl groups excluding tert-OH is 2. The lowest BCUT2D eigenvalue weighted by Gasteiger charge is -2.30. The molecule has 0 spiro atoms. The number of nitrogens with zero attached hydrogens (tertiary/aromatic N) is 2. The van der Waals surface area contributed by atoms with Gasteiger partial charge in [-0.15, -0.1) is 0 Å². The first kappa shape index (κ1) is 88.3. The van der Waals surface area contributed by atoms with Crippen molar-refractivity contribution in [2.45, 2.75) is 212 Å². The van der Waals surface area contributed by atoms with Crippen molar-refractivity contribution in [3.63, 3.8) is 0 Å². The molecule has 2 aliphatic heterocycles. The number of amides is 15. The second-order valence-electron chi connectivity index (χ2n) is 26.3. The molecule has 2 rings (SSSR count). The van der Waals surface area contributed by atoms with Gasteiger partial charge in [-0.1, -0.05) is 61.8 Å². The number of nitrogens with two attached hydrogens (primary N) is 2. The van der Waals surface area contributed by atoms with Gasteiger partial charge in [0.25, 0.3) is 0 Å². The molecular weight excluding hydrogens is 1350 g/mol. The van der Waals surface area contributed by atoms with E-state index in [0.29, 0.717) is 18.6 Å². The van der Waals surface area contributed by atoms with Crippen molar-refractivity contribution in [2.75, 3.05) is 57.9 Å². The van der Waals surface area contributed by atoms with Crippen LogP contribution in [0.4, 0.5) is 0 Å². The third kappa shape index (κ3) is 30.9. The number of nitrogens with one attached hydrogen (secondary N) is 12. The number of likely N-dealkylation sites (tertiary alicyclic amines) is 2. The normalized spacial score (nSPS) is 17.5. The Balaban J connectivity index is 2.18. The largest absolute Gasteiger partial charge is 0.481 e. The summed E-state index contributed by atoms with van der Waals surface area (Å²) in [4.78, 5) is 227. The van der Waals surface area contributed by atoms with Crippen molar-refractivity contribution in [1.82, 2.24) is 73.6 Å². The molecule has 101 heavy (non-hydrogen) atoms. The predicted octanol–water partition coefficient (Wildman–Crippen LogP) is -6.23. The fourth-order valence-corrected chi connectivity index (χ4v) is 11.3. The van der Waals surface area contributed by atoms with Crippen molar-refractivity contribution in [1.29, 1.82) is 0 Å². The Labute approximate surface area is 590 Å². The number of carbonyl (C=O) groups excluding carboxylic acids is 15. The summed E-state index contributed by atoms with van der Waals surface area (Å²) in [5, 5.41) is 68.6. The number of aliphatic hydroxyl groups is 2. The van der Waals surface area contributed by atoms with Gasteiger partial charge in [-0.3, -0.25) is 81.5 Å². The van der Waals surface area contributed by atoms with E-state index in [1.165, 1.54) is 18.7 Å². The fourth-order valence-electron chi connectivity index (χ4n) is 10.9. The minimum Gasteiger partial charge on any atom is -0.481 e. The summed E-state index contributed by atoms with van der Waals surface area (Å²) in [7, 11) is 0. The summed E-state index contributed by atoms with van der Waals surface area (Å²) in [5.74, 6) is -17.0. The van der Waals surface area contributed by atoms with Gasteiger partial charge >= 0.3 is 11.9 Å². The molecule has 2 aliphatic rings. The molecule has 0 aliphatic carbocycles. The number of carbonyl (C=O) groups is 17. The maximum atomic E-state index is 14.2. The van der Waals surface area contributed by atoms with Crippen molar-refractivity contribution in [3.05, 3.63) is 0 Å². The van der Waals surface area contributed by atoms with Gasteiger partial charge in [0.05, 0.1) is 38.8 Å². The van der Waals surface area contributed by atoms with Gasteiger partial charge in [0.1, 0.15) is 73.0 Å². The highest BCUT2D eigenvalue weighted by atomic mass is 32.2. The first-order valence-electron chi connectivity index (χ1n) is 33.7. The summed E-state index contributed by atoms with van der Waals surface area (Å²) < 4.78 is 0. The zero-order chi connectivity index (χ0) is 76.5. The summed E-state index contributed by atoms with van der Waals surface area (Å²) in [6.07, 6.45) is 0.936. The van der Waals surface area contributed by atoms with E-state index in [2.05, 4.69) is 63.8 Å². The number of thioether (sulfide) groups is 1. The Kier molecular flexibility index (Phi) is 38.9. The van der Waals surface area contributed by atoms with Crippen LogP contribution in [0.3, 0.4) is 0 Å². The van der Waals surface area contributed by atoms with Gasteiger partial charge in [-0.2, -0.15) is 11.8 Å². The zero-order valence-corrected chi connectivity index (χ0v) is 59.9. The highest BCUT2D eigenvalue weighted by Gasteiger charge is 2.42. The predicted molar refractivity (Wildman–Crippen MR) is 363 cm³/mol. The average molecular weight is 1460 g/mol. The van der Waals surface area contributed by atoms with Crippen molar-refractivity contribution in [3.8, 4) is 0 Å². The van der Waals surface area contributed by atoms with Crippen LogP contribution in [0.15, 0.2) is 0 Å². The summed E-state index contributed by atoms with van der Waals surface area (Å²) in [5.41, 5.74) is 11.1. The van der Waals surface area contributed by atoms with Crippen LogP contribution in [0.2, 0.25) is 0 Å². The molecule has 2 fully saturated rings. The van der Waals surface area contributed by atoms with Crippen LogP contribution in [-0.4, -0.2) is 261 Å². The molecule has 20 N–H and O–H groups in total. The van der Waals surface area contributed by atoms with E-state index in [1.54, 1.807) is 61.6 Å². The van der Waals surface area contributed by atoms with E-state index < -0.39 is 231 Å². The van der Waals surface area contributed by atoms with Gasteiger partial charge in [-0.05, 0) is 100 Å². The van der Waals surface area contributed by atoms with Crippen LogP contribution >= 0.6 is 11.8 Å². The highest BCUT2D eigenvalue weighted by molar-refractivity contribution is 7.98. The molecule has 0 bridgehead atoms. The van der Waals surface area contributed by atoms with Crippen LogP contribution in [0.25, 0.3) is 0 Å². The van der Waals surface area contributed by atoms with Crippen molar-refractivity contribution >= 4 is 112 Å². The van der Waals surface area contributed by atoms with E-state index in [1.807, 2.05) is 0 Å². The molecule has 0 aromatic rings. The molecule has 37 nitrogen and oxygen atoms in total. The molecule has 13 atom stereocenters. The van der Waals surface area contributed by atoms with E-state index in [-0.39, 0.29) is 75.8 Å². The standard InChI is InChI=1S/C63H106N16O21S/c1-11-34(8)51(62(99)68-28-50(87)88)77-57(94)40(24-33(6)7)73-59(96)43(30-81)75-60(97)44-14-12-19-78(44)48(84)27-67-54(91)37(18-21-101-10)69-47(83)26-66-53(90)36(16-17-46(65)82)70-58(95)42(29-80)76-61(98)45-15-13-20-79(45)63(100)41(25-49(85)86)74-56(93)39(23-32(4)5)72-55(92)38(22-31(2)3)71-52(89)35(9)64/h31-45,51,80-81H,11-30,64H2,1-10H3,(H2,65,82)(H,66,90)(H,67,91)(H,68,99)(H,69,83)(H,70,95)(H,71,89)(H,72,92)(H,73,96)(H,74,93)(H,75,97)(H,76,98)(H,77,94)(H,85,86)(H,87,88)/t34-,35-,36-,37-,38-,39-,40-,41-,42-,43-,44-,45-,51-/m0/s1. The number of carboxylic acid groups (broad SMARTS) is 2. The fraction of sp³-hybridized carbons (Fsp3) is 0.730. The van der Waals surface area contributed by atoms with Crippen LogP contribution in [0.5, 0.6) is 0 Å². The number of hydrogen-bond donors (Lipinski definition) is 18. The smallest absolute Gasteiger partial charge is 0.322 e. The number of primary amides is 1. The first-order valence-corrected chi connectivity index (χ1v) is 35.1. The van der Waals surface area contributed by atoms with E-state index in [4.69, 9.17) is 16.6 Å². The van der Waals surface area contributed by atoms with Crippen molar-refractivity contribution in [2.24, 2.45) is 35.1 Å². The third-order valence-corrected chi connectivity index (χ3v) is 17.0. The number of rotatable bonds is 45. The maximum absolute atomic E-state index is 14.2. The van der Waals surface area contributed by atoms with Crippen LogP contribution in [0, 0.1) is 23.7 Å². The molecule has 0 saturated carbocycles. The Morgan fingerprint density at radius 3 is 1.33 bits per heavy atom. The van der Waals surface area contributed by atoms with Gasteiger partial charge in [0, 0.05) is 19.5 Å². The lowest BCUT2D eigenvalue weighted by Crippen LogP contribution is -2.60. The summed E-state index contributed by atoms with van der Waals surface area (Å²) in [6, 6.07) is -16.7. The monoisotopic (exact) mass is 1450 g/mol. The summed E-state index contributed by atoms with van der Waals surface area (Å²) >= 11 is 1.30. The Bertz CT molecular complexity index is 2920. The van der Waals surface area contributed by atoms with E-state index in [0.717, 1.165) is 9.80 Å². The lowest BCUT2D eigenvalue weighted by atomic mass is 9.96. The van der Waals surface area contributed by atoms with Crippen LogP contribution in [0.1, 0.15) is 139 Å². The first-order chi connectivity index (χ1) is 47.4. The van der Waals surface area contributed by atoms with Crippen LogP contribution in [-0.2, 0) is 81.5 Å². The molecule has 2 heterocycles. The molecule has 0 radical (unpaired) electrons. The van der Waals surface area contributed by atoms with Gasteiger partial charge < -0.3 is 105 Å². The molecule has 0 aromatic carbocycles. The Morgan fingerprint density at radius 2 is 0.891 bits per heavy atom. The highest BCUT2D eigenvalue weighted by Crippen LogP contribution is 2.22. The minimum absolute atomic E-state index is 0.00295. The number of aliphatic carboxylic acids is 2. The number of hydrogen-bond acceptors (Lipinski definition) is 21. The third-order valence-electron chi connectivity index (χ3n) is 16.4. The van der Waals surface area contributed by atoms with Gasteiger partial charge in [-0.25, -0.2) is 0 Å². The molecule has 0 unspecified atom stereocenters. The Hall–Kier alpha value is -8.78. The molecule has 15 amide bonds. The molecular formula is C63H106N16O21S. The lowest BCUT2D eigenvalue weighted by molar-refractivity contribution is -0.146. The topological polar surface area (TPSA) is 574 Å². The molecule has 0 aromatic heterocycles. The Morgan fingerprint density at radius 1 is 0.475 bits per heavy atom. The average Bonchev–Trinajstić information content (AvgIpc) is 1.76. The second kappa shape index (κ2) is 44.5. The van der Waals surface area contributed by atoms with Crippen molar-refractivity contribution < 1.29 is 102 Å². The SMILES string of the molecule is CC[C@H](C)[C@H](NC(=O)[C@H](CC(C)C)NC(=O)[C@H](CO)NC(=O)[C@@H]1CCCN1C(=O)CNC(=O)[C@H](CCSC)NC(=O)CNC(=O)[C@H](CCC(N)=O)NC(=O)[C@H](CO)NC(=O)[C@@H]1CCCN1C(=O)[C@H](CC(=O)O)NC(=O)[C@H](CC(C)C)NC(=O)[C@H](CC(C)C)NC(=O)[C@H](C)N)C(=O)NCC(=O)O. The second-order valence-corrected chi connectivity index (χ2v) is 27.3. The quantitative estimate of drug-likeness (QED) is 0.0270. The number of carboxylic acids is 2. The molecule has 38 heteroatoms. The van der Waals surface area contributed by atoms with Gasteiger partial charge in [0.15, 0.2) is 0 Å². The van der Waals surface area contributed by atoms with Crippen LogP contribution < -0.4 is 75.3 Å². The molecule has 2 saturated heterocycles. The van der Waals surface area contributed by atoms with Gasteiger partial charge in [0.2, 0.25) is 88.6 Å². The van der Waals surface area contributed by atoms with E-state index in [9.17, 15) is 96.8 Å². The molecule has 570 valence electrons. The zero-order valence-electron chi connectivity index (χ0n) is 59.1. The maximum Gasteiger partial charge on any atom is 0.322 e. The van der Waals surface area contributed by atoms with E-state index >= 15 is 0 Å². The summed E-state index contributed by atoms with van der Waals surface area (Å²) in [6.45, 7) is 11.1.